The van der Waals surface area contributed by atoms with Crippen molar-refractivity contribution in [3.8, 4) is 5.75 Å². The van der Waals surface area contributed by atoms with Crippen LogP contribution in [0.3, 0.4) is 0 Å². The van der Waals surface area contributed by atoms with E-state index in [2.05, 4.69) is 14.5 Å². The number of benzene rings is 1. The van der Waals surface area contributed by atoms with Crippen molar-refractivity contribution < 1.29 is 25.8 Å². The predicted molar refractivity (Wildman–Crippen MR) is 63.5 cm³/mol. The molecule has 0 saturated heterocycles. The van der Waals surface area contributed by atoms with Crippen LogP contribution in [0.5, 0.6) is 5.75 Å². The Morgan fingerprint density at radius 3 is 2.44 bits per heavy atom. The van der Waals surface area contributed by atoms with Gasteiger partial charge in [0.25, 0.3) is 0 Å². The van der Waals surface area contributed by atoms with E-state index in [4.69, 9.17) is 5.84 Å². The standard InChI is InChI=1S/C7H5F3IN3O3S/c8-7(9,10)18(15,16)17-5-3-1-2-4(6(5)11)13-14-12/h1-3H,(H2,12,13). The van der Waals surface area contributed by atoms with Crippen LogP contribution >= 0.6 is 22.6 Å². The van der Waals surface area contributed by atoms with E-state index in [-0.39, 0.29) is 9.26 Å². The molecule has 0 aliphatic rings. The number of alkyl halides is 3. The predicted octanol–water partition coefficient (Wildman–Crippen LogP) is 2.48. The molecule has 2 N–H and O–H groups in total. The van der Waals surface area contributed by atoms with Crippen molar-refractivity contribution >= 4 is 38.4 Å². The first-order valence-corrected chi connectivity index (χ1v) is 6.58. The molecule has 6 nitrogen and oxygen atoms in total. The monoisotopic (exact) mass is 395 g/mol. The molecule has 0 aliphatic heterocycles. The van der Waals surface area contributed by atoms with Crippen molar-refractivity contribution in [2.45, 2.75) is 5.51 Å². The summed E-state index contributed by atoms with van der Waals surface area (Å²) >= 11 is 1.57. The maximum absolute atomic E-state index is 12.1. The second-order valence-electron chi connectivity index (χ2n) is 2.79. The Morgan fingerprint density at radius 1 is 1.33 bits per heavy atom. The summed E-state index contributed by atoms with van der Waals surface area (Å²) in [6.07, 6.45) is 0. The van der Waals surface area contributed by atoms with Gasteiger partial charge in [0.15, 0.2) is 5.75 Å². The Kier molecular flexibility index (Phi) is 4.37. The van der Waals surface area contributed by atoms with E-state index in [0.717, 1.165) is 6.07 Å². The van der Waals surface area contributed by atoms with Gasteiger partial charge in [-0.2, -0.15) is 21.6 Å². The van der Waals surface area contributed by atoms with Crippen molar-refractivity contribution in [2.24, 2.45) is 16.2 Å². The summed E-state index contributed by atoms with van der Waals surface area (Å²) in [4.78, 5) is 0. The van der Waals surface area contributed by atoms with Gasteiger partial charge in [-0.1, -0.05) is 11.3 Å². The summed E-state index contributed by atoms with van der Waals surface area (Å²) in [5.41, 5.74) is -5.41. The van der Waals surface area contributed by atoms with Crippen molar-refractivity contribution in [3.05, 3.63) is 21.8 Å². The molecular formula is C7H5F3IN3O3S. The molecule has 11 heteroatoms. The van der Waals surface area contributed by atoms with Gasteiger partial charge in [-0.25, -0.2) is 0 Å². The molecule has 1 aromatic rings. The molecule has 0 radical (unpaired) electrons. The fraction of sp³-hybridized carbons (Fsp3) is 0.143. The Labute approximate surface area is 113 Å². The zero-order valence-electron chi connectivity index (χ0n) is 8.35. The molecule has 1 aromatic carbocycles. The molecule has 0 saturated carbocycles. The van der Waals surface area contributed by atoms with Gasteiger partial charge in [-0.3, -0.25) is 0 Å². The summed E-state index contributed by atoms with van der Waals surface area (Å²) in [6.45, 7) is 0. The molecule has 0 fully saturated rings. The van der Waals surface area contributed by atoms with E-state index in [0.29, 0.717) is 0 Å². The fourth-order valence-corrected chi connectivity index (χ4v) is 2.07. The number of hydrogen-bond acceptors (Lipinski definition) is 5. The van der Waals surface area contributed by atoms with Gasteiger partial charge in [0.05, 0.1) is 3.57 Å². The molecule has 18 heavy (non-hydrogen) atoms. The Bertz CT molecular complexity index is 573. The number of hydrogen-bond donors (Lipinski definition) is 1. The lowest BCUT2D eigenvalue weighted by Crippen LogP contribution is -2.28. The minimum absolute atomic E-state index is 0.0390. The van der Waals surface area contributed by atoms with Gasteiger partial charge in [0.1, 0.15) is 5.69 Å². The summed E-state index contributed by atoms with van der Waals surface area (Å²) in [7, 11) is -5.71. The van der Waals surface area contributed by atoms with Crippen molar-refractivity contribution in [1.82, 2.24) is 0 Å². The highest BCUT2D eigenvalue weighted by Gasteiger charge is 2.48. The summed E-state index contributed by atoms with van der Waals surface area (Å²) < 4.78 is 62.0. The third-order valence-electron chi connectivity index (χ3n) is 1.59. The first kappa shape index (κ1) is 14.9. The summed E-state index contributed by atoms with van der Waals surface area (Å²) in [6, 6.07) is 3.69. The lowest BCUT2D eigenvalue weighted by molar-refractivity contribution is -0.0500. The van der Waals surface area contributed by atoms with E-state index in [1.165, 1.54) is 12.1 Å². The SMILES string of the molecule is NN=Nc1cccc(OS(=O)(=O)C(F)(F)F)c1I. The zero-order chi connectivity index (χ0) is 14.0. The Morgan fingerprint density at radius 2 is 1.94 bits per heavy atom. The number of nitrogens with two attached hydrogens (primary N) is 1. The van der Waals surface area contributed by atoms with Gasteiger partial charge < -0.3 is 10.0 Å². The average molecular weight is 395 g/mol. The maximum atomic E-state index is 12.1. The van der Waals surface area contributed by atoms with Crippen LogP contribution in [0.1, 0.15) is 0 Å². The number of nitrogens with zero attached hydrogens (tertiary/aromatic N) is 2. The average Bonchev–Trinajstić information content (AvgIpc) is 2.22. The van der Waals surface area contributed by atoms with Gasteiger partial charge >= 0.3 is 15.6 Å². The van der Waals surface area contributed by atoms with E-state index in [9.17, 15) is 21.6 Å². The molecule has 0 bridgehead atoms. The second kappa shape index (κ2) is 5.26. The summed E-state index contributed by atoms with van der Waals surface area (Å²) in [5, 5.41) is 6.34. The highest BCUT2D eigenvalue weighted by atomic mass is 127. The molecule has 0 heterocycles. The molecule has 0 spiro atoms. The van der Waals surface area contributed by atoms with E-state index in [1.54, 1.807) is 22.6 Å². The topological polar surface area (TPSA) is 94.1 Å². The van der Waals surface area contributed by atoms with Crippen molar-refractivity contribution in [2.75, 3.05) is 0 Å². The van der Waals surface area contributed by atoms with Gasteiger partial charge in [-0.15, -0.1) is 5.11 Å². The fourth-order valence-electron chi connectivity index (χ4n) is 0.868. The van der Waals surface area contributed by atoms with Gasteiger partial charge in [0, 0.05) is 0 Å². The largest absolute Gasteiger partial charge is 0.534 e. The number of halogens is 4. The van der Waals surface area contributed by atoms with Crippen molar-refractivity contribution in [3.63, 3.8) is 0 Å². The van der Waals surface area contributed by atoms with E-state index in [1.807, 2.05) is 0 Å². The Hall–Kier alpha value is -1.11. The third kappa shape index (κ3) is 3.22. The van der Waals surface area contributed by atoms with Crippen LogP contribution in [0.25, 0.3) is 0 Å². The highest BCUT2D eigenvalue weighted by molar-refractivity contribution is 14.1. The van der Waals surface area contributed by atoms with E-state index >= 15 is 0 Å². The van der Waals surface area contributed by atoms with Crippen LogP contribution in [-0.4, -0.2) is 13.9 Å². The quantitative estimate of drug-likeness (QED) is 0.213. The molecule has 0 atom stereocenters. The molecule has 0 aliphatic carbocycles. The molecule has 0 aromatic heterocycles. The van der Waals surface area contributed by atoms with Crippen LogP contribution < -0.4 is 10.0 Å². The normalized spacial score (nSPS) is 12.9. The minimum atomic E-state index is -5.71. The minimum Gasteiger partial charge on any atom is -0.375 e. The molecule has 0 unspecified atom stereocenters. The lowest BCUT2D eigenvalue weighted by atomic mass is 10.3. The Balaban J connectivity index is 3.18. The zero-order valence-corrected chi connectivity index (χ0v) is 11.3. The second-order valence-corrected chi connectivity index (χ2v) is 5.40. The maximum Gasteiger partial charge on any atom is 0.534 e. The van der Waals surface area contributed by atoms with Crippen LogP contribution in [0, 0.1) is 3.57 Å². The molecule has 0 amide bonds. The van der Waals surface area contributed by atoms with Crippen LogP contribution in [0.15, 0.2) is 28.5 Å². The first-order valence-electron chi connectivity index (χ1n) is 4.09. The van der Waals surface area contributed by atoms with Gasteiger partial charge in [-0.05, 0) is 34.7 Å². The van der Waals surface area contributed by atoms with Crippen LogP contribution in [0.2, 0.25) is 0 Å². The smallest absolute Gasteiger partial charge is 0.375 e. The van der Waals surface area contributed by atoms with Crippen LogP contribution in [-0.2, 0) is 10.1 Å². The molecule has 100 valence electrons. The van der Waals surface area contributed by atoms with E-state index < -0.39 is 21.4 Å². The first-order chi connectivity index (χ1) is 8.19. The third-order valence-corrected chi connectivity index (χ3v) is 3.64. The molecule has 1 rings (SSSR count). The number of rotatable bonds is 3. The highest BCUT2D eigenvalue weighted by Crippen LogP contribution is 2.34. The lowest BCUT2D eigenvalue weighted by Gasteiger charge is -2.11. The van der Waals surface area contributed by atoms with Crippen molar-refractivity contribution in [1.29, 1.82) is 0 Å². The van der Waals surface area contributed by atoms with Crippen LogP contribution in [0.4, 0.5) is 18.9 Å². The summed E-state index contributed by atoms with van der Waals surface area (Å²) in [5.74, 6) is 4.29. The van der Waals surface area contributed by atoms with Gasteiger partial charge in [0.2, 0.25) is 0 Å². The molecular weight excluding hydrogens is 390 g/mol.